The van der Waals surface area contributed by atoms with Crippen LogP contribution in [-0.2, 0) is 6.54 Å². The highest BCUT2D eigenvalue weighted by molar-refractivity contribution is 6.30. The quantitative estimate of drug-likeness (QED) is 0.764. The Labute approximate surface area is 154 Å². The molecule has 1 N–H and O–H groups in total. The van der Waals surface area contributed by atoms with Crippen LogP contribution in [0.4, 0.5) is 0 Å². The Hall–Kier alpha value is -3.06. The normalized spacial score (nSPS) is 12.2. The van der Waals surface area contributed by atoms with Crippen molar-refractivity contribution in [1.29, 1.82) is 0 Å². The third kappa shape index (κ3) is 3.21. The molecule has 1 amide bonds. The summed E-state index contributed by atoms with van der Waals surface area (Å²) in [5.41, 5.74) is 2.40. The Kier molecular flexibility index (Phi) is 4.22. The molecule has 2 aromatic carbocycles. The summed E-state index contributed by atoms with van der Waals surface area (Å²) in [6, 6.07) is 12.7. The molecule has 1 aliphatic rings. The van der Waals surface area contributed by atoms with Gasteiger partial charge in [-0.3, -0.25) is 4.79 Å². The fourth-order valence-corrected chi connectivity index (χ4v) is 2.81. The second kappa shape index (κ2) is 6.68. The van der Waals surface area contributed by atoms with Crippen LogP contribution in [0.5, 0.6) is 11.5 Å². The first-order valence-corrected chi connectivity index (χ1v) is 8.34. The van der Waals surface area contributed by atoms with Crippen LogP contribution in [0.1, 0.15) is 21.7 Å². The van der Waals surface area contributed by atoms with Crippen molar-refractivity contribution in [2.24, 2.45) is 0 Å². The van der Waals surface area contributed by atoms with Crippen LogP contribution in [0.25, 0.3) is 5.69 Å². The molecular formula is C18H15ClN4O3. The smallest absolute Gasteiger partial charge is 0.274 e. The maximum atomic E-state index is 12.5. The minimum atomic E-state index is -0.298. The first kappa shape index (κ1) is 16.4. The van der Waals surface area contributed by atoms with E-state index < -0.39 is 0 Å². The topological polar surface area (TPSA) is 78.3 Å². The third-order valence-corrected chi connectivity index (χ3v) is 4.16. The maximum absolute atomic E-state index is 12.5. The summed E-state index contributed by atoms with van der Waals surface area (Å²) in [5.74, 6) is 1.09. The number of fused-ring (bicyclic) bond motifs is 1. The highest BCUT2D eigenvalue weighted by Crippen LogP contribution is 2.32. The molecular weight excluding hydrogens is 356 g/mol. The lowest BCUT2D eigenvalue weighted by Gasteiger charge is -2.05. The largest absolute Gasteiger partial charge is 0.454 e. The second-order valence-electron chi connectivity index (χ2n) is 5.77. The number of aryl methyl sites for hydroxylation is 1. The molecule has 0 aliphatic carbocycles. The molecule has 1 aliphatic heterocycles. The van der Waals surface area contributed by atoms with E-state index in [1.54, 1.807) is 25.1 Å². The van der Waals surface area contributed by atoms with Gasteiger partial charge in [-0.25, -0.2) is 0 Å². The predicted octanol–water partition coefficient (Wildman–Crippen LogP) is 2.89. The van der Waals surface area contributed by atoms with Gasteiger partial charge in [0.2, 0.25) is 6.79 Å². The van der Waals surface area contributed by atoms with Crippen molar-refractivity contribution in [3.8, 4) is 17.2 Å². The number of nitrogens with one attached hydrogen (secondary N) is 1. The van der Waals surface area contributed by atoms with Gasteiger partial charge in [-0.15, -0.1) is 5.10 Å². The SMILES string of the molecule is Cc1nn(-c2cccc(Cl)c2)nc1C(=O)NCc1ccc2c(c1)OCO2. The van der Waals surface area contributed by atoms with Crippen LogP contribution in [0.2, 0.25) is 5.02 Å². The standard InChI is InChI=1S/C18H15ClN4O3/c1-11-17(22-23(21-11)14-4-2-3-13(19)8-14)18(24)20-9-12-5-6-15-16(7-12)26-10-25-15/h2-8H,9-10H2,1H3,(H,20,24). The molecule has 0 saturated carbocycles. The Morgan fingerprint density at radius 3 is 2.88 bits per heavy atom. The monoisotopic (exact) mass is 370 g/mol. The van der Waals surface area contributed by atoms with E-state index in [9.17, 15) is 4.79 Å². The summed E-state index contributed by atoms with van der Waals surface area (Å²) in [5, 5.41) is 12.0. The van der Waals surface area contributed by atoms with Gasteiger partial charge in [-0.05, 0) is 42.8 Å². The Morgan fingerprint density at radius 1 is 1.19 bits per heavy atom. The second-order valence-corrected chi connectivity index (χ2v) is 6.21. The fourth-order valence-electron chi connectivity index (χ4n) is 2.62. The minimum Gasteiger partial charge on any atom is -0.454 e. The van der Waals surface area contributed by atoms with Crippen molar-refractivity contribution in [2.45, 2.75) is 13.5 Å². The molecule has 8 heteroatoms. The predicted molar refractivity (Wildman–Crippen MR) is 94.8 cm³/mol. The number of nitrogens with zero attached hydrogens (tertiary/aromatic N) is 3. The molecule has 0 spiro atoms. The van der Waals surface area contributed by atoms with Gasteiger partial charge in [0.05, 0.1) is 11.4 Å². The first-order chi connectivity index (χ1) is 12.6. The van der Waals surface area contributed by atoms with Gasteiger partial charge in [0.15, 0.2) is 17.2 Å². The van der Waals surface area contributed by atoms with Crippen LogP contribution in [0.15, 0.2) is 42.5 Å². The van der Waals surface area contributed by atoms with E-state index in [1.807, 2.05) is 24.3 Å². The number of hydrogen-bond donors (Lipinski definition) is 1. The van der Waals surface area contributed by atoms with E-state index >= 15 is 0 Å². The van der Waals surface area contributed by atoms with E-state index in [2.05, 4.69) is 15.5 Å². The summed E-state index contributed by atoms with van der Waals surface area (Å²) < 4.78 is 10.6. The van der Waals surface area contributed by atoms with Gasteiger partial charge in [-0.1, -0.05) is 23.7 Å². The average Bonchev–Trinajstić information content (AvgIpc) is 3.25. The van der Waals surface area contributed by atoms with Crippen molar-refractivity contribution in [3.63, 3.8) is 0 Å². The number of hydrogen-bond acceptors (Lipinski definition) is 5. The zero-order chi connectivity index (χ0) is 18.1. The van der Waals surface area contributed by atoms with Gasteiger partial charge in [0.25, 0.3) is 5.91 Å². The van der Waals surface area contributed by atoms with Crippen molar-refractivity contribution in [2.75, 3.05) is 6.79 Å². The fraction of sp³-hybridized carbons (Fsp3) is 0.167. The summed E-state index contributed by atoms with van der Waals surface area (Å²) in [7, 11) is 0. The molecule has 7 nitrogen and oxygen atoms in total. The summed E-state index contributed by atoms with van der Waals surface area (Å²) in [4.78, 5) is 13.9. The van der Waals surface area contributed by atoms with Crippen molar-refractivity contribution < 1.29 is 14.3 Å². The molecule has 1 aromatic heterocycles. The van der Waals surface area contributed by atoms with Gasteiger partial charge >= 0.3 is 0 Å². The molecule has 0 unspecified atom stereocenters. The molecule has 4 rings (SSSR count). The van der Waals surface area contributed by atoms with Crippen LogP contribution in [0, 0.1) is 6.92 Å². The lowest BCUT2D eigenvalue weighted by atomic mass is 10.2. The Bertz CT molecular complexity index is 986. The van der Waals surface area contributed by atoms with Gasteiger partial charge in [0, 0.05) is 11.6 Å². The van der Waals surface area contributed by atoms with E-state index in [1.165, 1.54) is 4.80 Å². The van der Waals surface area contributed by atoms with Crippen molar-refractivity contribution in [1.82, 2.24) is 20.3 Å². The van der Waals surface area contributed by atoms with Gasteiger partial charge < -0.3 is 14.8 Å². The lowest BCUT2D eigenvalue weighted by molar-refractivity contribution is 0.0945. The number of halogens is 1. The first-order valence-electron chi connectivity index (χ1n) is 7.97. The number of carbonyl (C=O) groups is 1. The Morgan fingerprint density at radius 2 is 2.04 bits per heavy atom. The van der Waals surface area contributed by atoms with Crippen molar-refractivity contribution in [3.05, 3.63) is 64.4 Å². The molecule has 0 saturated heterocycles. The highest BCUT2D eigenvalue weighted by Gasteiger charge is 2.17. The highest BCUT2D eigenvalue weighted by atomic mass is 35.5. The zero-order valence-corrected chi connectivity index (χ0v) is 14.7. The summed E-state index contributed by atoms with van der Waals surface area (Å²) >= 11 is 5.99. The van der Waals surface area contributed by atoms with Crippen LogP contribution < -0.4 is 14.8 Å². The van der Waals surface area contributed by atoms with Crippen LogP contribution in [0.3, 0.4) is 0 Å². The third-order valence-electron chi connectivity index (χ3n) is 3.93. The number of aromatic nitrogens is 3. The number of carbonyl (C=O) groups excluding carboxylic acids is 1. The van der Waals surface area contributed by atoms with E-state index in [-0.39, 0.29) is 18.4 Å². The molecule has 3 aromatic rings. The number of benzene rings is 2. The molecule has 26 heavy (non-hydrogen) atoms. The van der Waals surface area contributed by atoms with E-state index in [0.29, 0.717) is 34.4 Å². The summed E-state index contributed by atoms with van der Waals surface area (Å²) in [6.45, 7) is 2.30. The number of amides is 1. The van der Waals surface area contributed by atoms with Crippen LogP contribution >= 0.6 is 11.6 Å². The maximum Gasteiger partial charge on any atom is 0.274 e. The minimum absolute atomic E-state index is 0.219. The van der Waals surface area contributed by atoms with E-state index in [4.69, 9.17) is 21.1 Å². The Balaban J connectivity index is 1.48. The molecule has 2 heterocycles. The van der Waals surface area contributed by atoms with Crippen molar-refractivity contribution >= 4 is 17.5 Å². The number of rotatable bonds is 4. The van der Waals surface area contributed by atoms with Gasteiger partial charge in [0.1, 0.15) is 0 Å². The molecule has 0 atom stereocenters. The number of ether oxygens (including phenoxy) is 2. The molecule has 0 fully saturated rings. The summed E-state index contributed by atoms with van der Waals surface area (Å²) in [6.07, 6.45) is 0. The van der Waals surface area contributed by atoms with Crippen LogP contribution in [-0.4, -0.2) is 27.7 Å². The molecule has 0 radical (unpaired) electrons. The van der Waals surface area contributed by atoms with Gasteiger partial charge in [-0.2, -0.15) is 9.90 Å². The average molecular weight is 371 g/mol. The zero-order valence-electron chi connectivity index (χ0n) is 13.9. The molecule has 132 valence electrons. The lowest BCUT2D eigenvalue weighted by Crippen LogP contribution is -2.24. The molecule has 0 bridgehead atoms. The van der Waals surface area contributed by atoms with E-state index in [0.717, 1.165) is 5.56 Å².